The second-order valence-corrected chi connectivity index (χ2v) is 4.42. The summed E-state index contributed by atoms with van der Waals surface area (Å²) in [4.78, 5) is 6.71. The van der Waals surface area contributed by atoms with Gasteiger partial charge in [0.1, 0.15) is 0 Å². The highest BCUT2D eigenvalue weighted by molar-refractivity contribution is 5.07. The van der Waals surface area contributed by atoms with Crippen LogP contribution in [0.15, 0.2) is 24.4 Å². The third kappa shape index (κ3) is 2.36. The van der Waals surface area contributed by atoms with Crippen LogP contribution in [0.4, 0.5) is 0 Å². The zero-order chi connectivity index (χ0) is 10.7. The monoisotopic (exact) mass is 205 g/mol. The van der Waals surface area contributed by atoms with E-state index in [-0.39, 0.29) is 0 Å². The number of pyridine rings is 1. The van der Waals surface area contributed by atoms with Gasteiger partial charge in [-0.25, -0.2) is 0 Å². The molecule has 2 N–H and O–H groups in total. The zero-order valence-electron chi connectivity index (χ0n) is 9.32. The molecule has 1 aromatic rings. The van der Waals surface area contributed by atoms with E-state index >= 15 is 0 Å². The van der Waals surface area contributed by atoms with Crippen molar-refractivity contribution in [3.8, 4) is 0 Å². The van der Waals surface area contributed by atoms with Crippen molar-refractivity contribution < 1.29 is 0 Å². The van der Waals surface area contributed by atoms with E-state index in [9.17, 15) is 0 Å². The molecule has 1 aliphatic carbocycles. The molecule has 0 saturated heterocycles. The van der Waals surface area contributed by atoms with Crippen LogP contribution in [-0.2, 0) is 6.42 Å². The molecular weight excluding hydrogens is 186 g/mol. The summed E-state index contributed by atoms with van der Waals surface area (Å²) in [7, 11) is 2.17. The average molecular weight is 205 g/mol. The summed E-state index contributed by atoms with van der Waals surface area (Å²) in [6.07, 6.45) is 5.37. The Morgan fingerprint density at radius 3 is 2.80 bits per heavy atom. The number of nitrogens with two attached hydrogens (primary N) is 1. The Hall–Kier alpha value is -0.930. The van der Waals surface area contributed by atoms with Crippen molar-refractivity contribution in [1.82, 2.24) is 9.88 Å². The highest BCUT2D eigenvalue weighted by Gasteiger charge is 2.44. The van der Waals surface area contributed by atoms with E-state index < -0.39 is 0 Å². The molecule has 0 atom stereocenters. The van der Waals surface area contributed by atoms with Gasteiger partial charge < -0.3 is 5.73 Å². The van der Waals surface area contributed by atoms with E-state index in [2.05, 4.69) is 23.0 Å². The number of aromatic nitrogens is 1. The lowest BCUT2D eigenvalue weighted by Gasteiger charge is -2.26. The van der Waals surface area contributed by atoms with Gasteiger partial charge in [-0.05, 0) is 32.0 Å². The summed E-state index contributed by atoms with van der Waals surface area (Å²) in [6, 6.07) is 6.07. The minimum atomic E-state index is 0.314. The van der Waals surface area contributed by atoms with Crippen LogP contribution in [0.1, 0.15) is 18.5 Å². The lowest BCUT2D eigenvalue weighted by atomic mass is 10.2. The Kier molecular flexibility index (Phi) is 3.03. The molecule has 15 heavy (non-hydrogen) atoms. The van der Waals surface area contributed by atoms with E-state index in [0.717, 1.165) is 25.2 Å². The number of hydrogen-bond donors (Lipinski definition) is 1. The SMILES string of the molecule is CN(CCc1ccccn1)C1(CN)CC1. The molecule has 2 rings (SSSR count). The first-order chi connectivity index (χ1) is 7.27. The highest BCUT2D eigenvalue weighted by Crippen LogP contribution is 2.39. The molecule has 1 fully saturated rings. The smallest absolute Gasteiger partial charge is 0.0416 e. The fourth-order valence-corrected chi connectivity index (χ4v) is 1.95. The predicted octanol–water partition coefficient (Wildman–Crippen LogP) is 1.05. The Labute approximate surface area is 91.3 Å². The standard InChI is InChI=1S/C12H19N3/c1-15(12(10-13)6-7-12)9-5-11-4-2-3-8-14-11/h2-4,8H,5-7,9-10,13H2,1H3. The van der Waals surface area contributed by atoms with Crippen LogP contribution in [0.5, 0.6) is 0 Å². The van der Waals surface area contributed by atoms with E-state index in [1.165, 1.54) is 12.8 Å². The first-order valence-corrected chi connectivity index (χ1v) is 5.58. The zero-order valence-corrected chi connectivity index (χ0v) is 9.32. The number of rotatable bonds is 5. The summed E-state index contributed by atoms with van der Waals surface area (Å²) in [5.41, 5.74) is 7.26. The van der Waals surface area contributed by atoms with Crippen LogP contribution in [-0.4, -0.2) is 35.6 Å². The third-order valence-electron chi connectivity index (χ3n) is 3.45. The predicted molar refractivity (Wildman–Crippen MR) is 61.6 cm³/mol. The first kappa shape index (κ1) is 10.6. The average Bonchev–Trinajstić information content (AvgIpc) is 3.08. The molecule has 0 bridgehead atoms. The number of nitrogens with zero attached hydrogens (tertiary/aromatic N) is 2. The van der Waals surface area contributed by atoms with Crippen LogP contribution in [0.2, 0.25) is 0 Å². The van der Waals surface area contributed by atoms with Gasteiger partial charge in [-0.15, -0.1) is 0 Å². The van der Waals surface area contributed by atoms with Gasteiger partial charge in [-0.1, -0.05) is 6.07 Å². The van der Waals surface area contributed by atoms with Crippen molar-refractivity contribution in [2.75, 3.05) is 20.1 Å². The fraction of sp³-hybridized carbons (Fsp3) is 0.583. The largest absolute Gasteiger partial charge is 0.329 e. The third-order valence-corrected chi connectivity index (χ3v) is 3.45. The van der Waals surface area contributed by atoms with E-state index in [0.29, 0.717) is 5.54 Å². The van der Waals surface area contributed by atoms with Gasteiger partial charge in [0, 0.05) is 36.9 Å². The van der Waals surface area contributed by atoms with Gasteiger partial charge >= 0.3 is 0 Å². The van der Waals surface area contributed by atoms with Crippen molar-refractivity contribution >= 4 is 0 Å². The molecule has 0 aliphatic heterocycles. The Morgan fingerprint density at radius 1 is 1.47 bits per heavy atom. The molecular formula is C12H19N3. The topological polar surface area (TPSA) is 42.2 Å². The van der Waals surface area contributed by atoms with Crippen LogP contribution in [0.3, 0.4) is 0 Å². The van der Waals surface area contributed by atoms with Crippen LogP contribution in [0, 0.1) is 0 Å². The minimum Gasteiger partial charge on any atom is -0.329 e. The quantitative estimate of drug-likeness (QED) is 0.781. The summed E-state index contributed by atoms with van der Waals surface area (Å²) in [5.74, 6) is 0. The van der Waals surface area contributed by atoms with Gasteiger partial charge in [0.25, 0.3) is 0 Å². The maximum absolute atomic E-state index is 5.78. The van der Waals surface area contributed by atoms with E-state index in [1.54, 1.807) is 0 Å². The molecule has 3 nitrogen and oxygen atoms in total. The summed E-state index contributed by atoms with van der Waals surface area (Å²) >= 11 is 0. The van der Waals surface area contributed by atoms with Crippen LogP contribution >= 0.6 is 0 Å². The van der Waals surface area contributed by atoms with Crippen LogP contribution < -0.4 is 5.73 Å². The first-order valence-electron chi connectivity index (χ1n) is 5.58. The normalized spacial score (nSPS) is 18.1. The Morgan fingerprint density at radius 2 is 2.27 bits per heavy atom. The van der Waals surface area contributed by atoms with Gasteiger partial charge in [0.2, 0.25) is 0 Å². The number of hydrogen-bond acceptors (Lipinski definition) is 3. The summed E-state index contributed by atoms with van der Waals surface area (Å²) < 4.78 is 0. The molecule has 1 aromatic heterocycles. The molecule has 1 saturated carbocycles. The molecule has 1 aliphatic rings. The van der Waals surface area contributed by atoms with Crippen molar-refractivity contribution in [3.63, 3.8) is 0 Å². The van der Waals surface area contributed by atoms with Crippen molar-refractivity contribution in [1.29, 1.82) is 0 Å². The van der Waals surface area contributed by atoms with E-state index in [4.69, 9.17) is 5.73 Å². The molecule has 3 heteroatoms. The molecule has 82 valence electrons. The molecule has 0 spiro atoms. The van der Waals surface area contributed by atoms with Gasteiger partial charge in [-0.3, -0.25) is 9.88 Å². The molecule has 0 radical (unpaired) electrons. The molecule has 0 amide bonds. The summed E-state index contributed by atoms with van der Waals surface area (Å²) in [6.45, 7) is 1.83. The fourth-order valence-electron chi connectivity index (χ4n) is 1.95. The lowest BCUT2D eigenvalue weighted by molar-refractivity contribution is 0.229. The minimum absolute atomic E-state index is 0.314. The molecule has 0 aromatic carbocycles. The van der Waals surface area contributed by atoms with Crippen molar-refractivity contribution in [2.24, 2.45) is 5.73 Å². The molecule has 1 heterocycles. The highest BCUT2D eigenvalue weighted by atomic mass is 15.2. The van der Waals surface area contributed by atoms with E-state index in [1.807, 2.05) is 18.3 Å². The van der Waals surface area contributed by atoms with Gasteiger partial charge in [0.15, 0.2) is 0 Å². The second kappa shape index (κ2) is 4.29. The summed E-state index contributed by atoms with van der Waals surface area (Å²) in [5, 5.41) is 0. The molecule has 0 unspecified atom stereocenters. The second-order valence-electron chi connectivity index (χ2n) is 4.42. The Bertz CT molecular complexity index is 306. The van der Waals surface area contributed by atoms with Crippen molar-refractivity contribution in [2.45, 2.75) is 24.8 Å². The Balaban J connectivity index is 1.84. The lowest BCUT2D eigenvalue weighted by Crippen LogP contribution is -2.41. The van der Waals surface area contributed by atoms with Crippen LogP contribution in [0.25, 0.3) is 0 Å². The van der Waals surface area contributed by atoms with Gasteiger partial charge in [-0.2, -0.15) is 0 Å². The number of likely N-dealkylation sites (N-methyl/N-ethyl adjacent to an activating group) is 1. The van der Waals surface area contributed by atoms with Crippen molar-refractivity contribution in [3.05, 3.63) is 30.1 Å². The maximum atomic E-state index is 5.78. The maximum Gasteiger partial charge on any atom is 0.0416 e. The van der Waals surface area contributed by atoms with Gasteiger partial charge in [0.05, 0.1) is 0 Å².